The number of pyridine rings is 1. The van der Waals surface area contributed by atoms with E-state index in [0.717, 1.165) is 30.0 Å². The van der Waals surface area contributed by atoms with Crippen molar-refractivity contribution in [1.29, 1.82) is 0 Å². The maximum absolute atomic E-state index is 13.0. The number of nitrogens with zero attached hydrogens (tertiary/aromatic N) is 2. The van der Waals surface area contributed by atoms with E-state index in [1.54, 1.807) is 24.4 Å². The van der Waals surface area contributed by atoms with Crippen LogP contribution in [-0.2, 0) is 6.54 Å². The fourth-order valence-electron chi connectivity index (χ4n) is 3.02. The maximum Gasteiger partial charge on any atom is 0.270 e. The molecule has 3 rings (SSSR count). The lowest BCUT2D eigenvalue weighted by molar-refractivity contribution is 0.0946. The van der Waals surface area contributed by atoms with E-state index >= 15 is 0 Å². The normalized spacial score (nSPS) is 10.4. The predicted molar refractivity (Wildman–Crippen MR) is 115 cm³/mol. The van der Waals surface area contributed by atoms with E-state index in [9.17, 15) is 9.18 Å². The van der Waals surface area contributed by atoms with Gasteiger partial charge in [-0.1, -0.05) is 12.1 Å². The van der Waals surface area contributed by atoms with E-state index in [-0.39, 0.29) is 11.7 Å². The summed E-state index contributed by atoms with van der Waals surface area (Å²) in [6.07, 6.45) is 1.60. The number of anilines is 3. The summed E-state index contributed by atoms with van der Waals surface area (Å²) in [5, 5.41) is 6.10. The lowest BCUT2D eigenvalue weighted by atomic mass is 10.2. The van der Waals surface area contributed by atoms with Gasteiger partial charge in [-0.25, -0.2) is 4.39 Å². The summed E-state index contributed by atoms with van der Waals surface area (Å²) in [6.45, 7) is 6.50. The molecule has 0 radical (unpaired) electrons. The van der Waals surface area contributed by atoms with Crippen LogP contribution in [0.25, 0.3) is 0 Å². The number of halogens is 1. The standard InChI is InChI=1S/C23H25FN4O/c1-3-28(4-2)21-11-9-19(10-12-21)27-20-13-14-25-22(15-20)23(29)26-16-17-5-7-18(24)8-6-17/h5-15H,3-4,16H2,1-2H3,(H,25,27)(H,26,29). The van der Waals surface area contributed by atoms with Gasteiger partial charge in [-0.05, 0) is 67.9 Å². The minimum atomic E-state index is -0.300. The highest BCUT2D eigenvalue weighted by atomic mass is 19.1. The van der Waals surface area contributed by atoms with Gasteiger partial charge in [-0.15, -0.1) is 0 Å². The Morgan fingerprint density at radius 3 is 2.31 bits per heavy atom. The number of carbonyl (C=O) groups is 1. The second kappa shape index (κ2) is 9.68. The highest BCUT2D eigenvalue weighted by Crippen LogP contribution is 2.21. The second-order valence-corrected chi connectivity index (χ2v) is 6.58. The van der Waals surface area contributed by atoms with Gasteiger partial charge in [-0.2, -0.15) is 0 Å². The molecule has 0 aliphatic carbocycles. The quantitative estimate of drug-likeness (QED) is 0.581. The first-order valence-electron chi connectivity index (χ1n) is 9.69. The number of amides is 1. The van der Waals surface area contributed by atoms with Crippen LogP contribution in [0.3, 0.4) is 0 Å². The fraction of sp³-hybridized carbons (Fsp3) is 0.217. The van der Waals surface area contributed by atoms with Gasteiger partial charge in [0.25, 0.3) is 5.91 Å². The number of nitrogens with one attached hydrogen (secondary N) is 2. The third-order valence-corrected chi connectivity index (χ3v) is 4.64. The van der Waals surface area contributed by atoms with Crippen LogP contribution in [0.5, 0.6) is 0 Å². The minimum absolute atomic E-state index is 0.283. The summed E-state index contributed by atoms with van der Waals surface area (Å²) in [7, 11) is 0. The monoisotopic (exact) mass is 392 g/mol. The van der Waals surface area contributed by atoms with Crippen LogP contribution in [0.1, 0.15) is 29.9 Å². The number of carbonyl (C=O) groups excluding carboxylic acids is 1. The van der Waals surface area contributed by atoms with E-state index in [1.807, 2.05) is 18.2 Å². The molecule has 0 bridgehead atoms. The largest absolute Gasteiger partial charge is 0.372 e. The molecule has 6 heteroatoms. The van der Waals surface area contributed by atoms with Crippen molar-refractivity contribution in [3.8, 4) is 0 Å². The van der Waals surface area contributed by atoms with Gasteiger partial charge >= 0.3 is 0 Å². The number of rotatable bonds is 8. The molecule has 2 aromatic carbocycles. The van der Waals surface area contributed by atoms with Gasteiger partial charge in [0.05, 0.1) is 0 Å². The summed E-state index contributed by atoms with van der Waals surface area (Å²) in [5.41, 5.74) is 4.03. The smallest absolute Gasteiger partial charge is 0.270 e. The first kappa shape index (κ1) is 20.3. The highest BCUT2D eigenvalue weighted by Gasteiger charge is 2.08. The Labute approximate surface area is 170 Å². The first-order valence-corrected chi connectivity index (χ1v) is 9.69. The molecule has 0 unspecified atom stereocenters. The van der Waals surface area contributed by atoms with Gasteiger partial charge in [0.15, 0.2) is 0 Å². The first-order chi connectivity index (χ1) is 14.1. The summed E-state index contributed by atoms with van der Waals surface area (Å²) < 4.78 is 13.0. The molecule has 0 saturated carbocycles. The Kier molecular flexibility index (Phi) is 6.79. The Morgan fingerprint density at radius 2 is 1.66 bits per heavy atom. The van der Waals surface area contributed by atoms with Crippen molar-refractivity contribution < 1.29 is 9.18 Å². The molecule has 0 spiro atoms. The second-order valence-electron chi connectivity index (χ2n) is 6.58. The molecule has 2 N–H and O–H groups in total. The molecular weight excluding hydrogens is 367 g/mol. The summed E-state index contributed by atoms with van der Waals surface area (Å²) >= 11 is 0. The third kappa shape index (κ3) is 5.54. The maximum atomic E-state index is 13.0. The van der Waals surface area contributed by atoms with Crippen LogP contribution in [0.15, 0.2) is 66.9 Å². The molecule has 0 fully saturated rings. The minimum Gasteiger partial charge on any atom is -0.372 e. The molecule has 0 atom stereocenters. The van der Waals surface area contributed by atoms with E-state index < -0.39 is 0 Å². The van der Waals surface area contributed by atoms with E-state index in [1.165, 1.54) is 17.8 Å². The number of aromatic nitrogens is 1. The summed E-state index contributed by atoms with van der Waals surface area (Å²) in [6, 6.07) is 17.7. The number of hydrogen-bond acceptors (Lipinski definition) is 4. The molecule has 0 aliphatic heterocycles. The van der Waals surface area contributed by atoms with Crippen LogP contribution >= 0.6 is 0 Å². The van der Waals surface area contributed by atoms with Crippen LogP contribution < -0.4 is 15.5 Å². The molecule has 0 aliphatic rings. The topological polar surface area (TPSA) is 57.3 Å². The van der Waals surface area contributed by atoms with Crippen LogP contribution in [0.4, 0.5) is 21.5 Å². The molecular formula is C23H25FN4O. The fourth-order valence-corrected chi connectivity index (χ4v) is 3.02. The lowest BCUT2D eigenvalue weighted by Gasteiger charge is -2.21. The highest BCUT2D eigenvalue weighted by molar-refractivity contribution is 5.93. The number of hydrogen-bond donors (Lipinski definition) is 2. The third-order valence-electron chi connectivity index (χ3n) is 4.64. The molecule has 150 valence electrons. The van der Waals surface area contributed by atoms with Crippen LogP contribution in [0.2, 0.25) is 0 Å². The zero-order valence-electron chi connectivity index (χ0n) is 16.7. The summed E-state index contributed by atoms with van der Waals surface area (Å²) in [5.74, 6) is -0.583. The Balaban J connectivity index is 1.62. The van der Waals surface area contributed by atoms with Gasteiger partial charge in [0, 0.05) is 42.9 Å². The molecule has 1 aromatic heterocycles. The van der Waals surface area contributed by atoms with Crippen LogP contribution in [0, 0.1) is 5.82 Å². The average Bonchev–Trinajstić information content (AvgIpc) is 2.75. The molecule has 3 aromatic rings. The van der Waals surface area contributed by atoms with Gasteiger partial charge in [0.1, 0.15) is 11.5 Å². The summed E-state index contributed by atoms with van der Waals surface area (Å²) in [4.78, 5) is 18.8. The van der Waals surface area contributed by atoms with E-state index in [2.05, 4.69) is 46.5 Å². The van der Waals surface area contributed by atoms with E-state index in [4.69, 9.17) is 0 Å². The van der Waals surface area contributed by atoms with Crippen molar-refractivity contribution in [1.82, 2.24) is 10.3 Å². The van der Waals surface area contributed by atoms with Crippen LogP contribution in [-0.4, -0.2) is 24.0 Å². The average molecular weight is 392 g/mol. The van der Waals surface area contributed by atoms with Gasteiger partial charge < -0.3 is 15.5 Å². The van der Waals surface area contributed by atoms with Crippen molar-refractivity contribution in [2.24, 2.45) is 0 Å². The van der Waals surface area contributed by atoms with Crippen molar-refractivity contribution in [2.45, 2.75) is 20.4 Å². The van der Waals surface area contributed by atoms with Crippen molar-refractivity contribution >= 4 is 23.0 Å². The Bertz CT molecular complexity index is 938. The van der Waals surface area contributed by atoms with Gasteiger partial charge in [-0.3, -0.25) is 9.78 Å². The SMILES string of the molecule is CCN(CC)c1ccc(Nc2ccnc(C(=O)NCc3ccc(F)cc3)c2)cc1. The Hall–Kier alpha value is -3.41. The molecule has 5 nitrogen and oxygen atoms in total. The van der Waals surface area contributed by atoms with Crippen molar-refractivity contribution in [3.05, 3.63) is 83.9 Å². The predicted octanol–water partition coefficient (Wildman–Crippen LogP) is 4.74. The zero-order valence-corrected chi connectivity index (χ0v) is 16.7. The van der Waals surface area contributed by atoms with Crippen molar-refractivity contribution in [3.63, 3.8) is 0 Å². The molecule has 1 heterocycles. The lowest BCUT2D eigenvalue weighted by Crippen LogP contribution is -2.23. The zero-order chi connectivity index (χ0) is 20.6. The molecule has 29 heavy (non-hydrogen) atoms. The Morgan fingerprint density at radius 1 is 0.966 bits per heavy atom. The molecule has 0 saturated heterocycles. The van der Waals surface area contributed by atoms with Crippen molar-refractivity contribution in [2.75, 3.05) is 23.3 Å². The van der Waals surface area contributed by atoms with E-state index in [0.29, 0.717) is 12.2 Å². The molecule has 1 amide bonds. The number of benzene rings is 2. The van der Waals surface area contributed by atoms with Gasteiger partial charge in [0.2, 0.25) is 0 Å².